The first-order valence-electron chi connectivity index (χ1n) is 9.83. The second-order valence-corrected chi connectivity index (χ2v) is 7.26. The highest BCUT2D eigenvalue weighted by molar-refractivity contribution is 14.0. The summed E-state index contributed by atoms with van der Waals surface area (Å²) in [6, 6.07) is 8.76. The molecule has 0 spiro atoms. The van der Waals surface area contributed by atoms with Crippen LogP contribution in [0, 0.1) is 20.8 Å². The lowest BCUT2D eigenvalue weighted by Gasteiger charge is -2.37. The average Bonchev–Trinajstić information content (AvgIpc) is 2.91. The Labute approximate surface area is 186 Å². The molecule has 154 valence electrons. The first kappa shape index (κ1) is 22.5. The summed E-state index contributed by atoms with van der Waals surface area (Å²) < 4.78 is 1.94. The van der Waals surface area contributed by atoms with Crippen LogP contribution in [0.2, 0.25) is 0 Å². The number of guanidine groups is 1. The molecule has 2 aromatic rings. The van der Waals surface area contributed by atoms with Crippen LogP contribution in [0.15, 0.2) is 29.3 Å². The molecule has 1 N–H and O–H groups in total. The number of aromatic nitrogens is 2. The Hall–Kier alpha value is -1.77. The molecule has 1 aromatic heterocycles. The molecule has 3 rings (SSSR count). The van der Waals surface area contributed by atoms with E-state index in [0.29, 0.717) is 6.54 Å². The Kier molecular flexibility index (Phi) is 8.15. The van der Waals surface area contributed by atoms with E-state index in [1.165, 1.54) is 22.5 Å². The maximum Gasteiger partial charge on any atom is 0.194 e. The minimum atomic E-state index is 0. The van der Waals surface area contributed by atoms with Crippen molar-refractivity contribution in [3.63, 3.8) is 0 Å². The van der Waals surface area contributed by atoms with Crippen molar-refractivity contribution < 1.29 is 0 Å². The summed E-state index contributed by atoms with van der Waals surface area (Å²) in [5.74, 6) is 1.00. The van der Waals surface area contributed by atoms with Crippen molar-refractivity contribution in [1.29, 1.82) is 0 Å². The zero-order valence-corrected chi connectivity index (χ0v) is 20.0. The molecule has 0 bridgehead atoms. The molecule has 6 nitrogen and oxygen atoms in total. The zero-order valence-electron chi connectivity index (χ0n) is 17.7. The molecule has 1 fully saturated rings. The van der Waals surface area contributed by atoms with E-state index < -0.39 is 0 Å². The summed E-state index contributed by atoms with van der Waals surface area (Å²) in [5, 5.41) is 7.97. The van der Waals surface area contributed by atoms with E-state index in [9.17, 15) is 0 Å². The van der Waals surface area contributed by atoms with E-state index in [0.717, 1.165) is 44.4 Å². The van der Waals surface area contributed by atoms with Crippen molar-refractivity contribution in [3.8, 4) is 0 Å². The highest BCUT2D eigenvalue weighted by Crippen LogP contribution is 2.18. The van der Waals surface area contributed by atoms with Crippen LogP contribution in [0.25, 0.3) is 0 Å². The van der Waals surface area contributed by atoms with E-state index in [1.54, 1.807) is 0 Å². The molecule has 1 aliphatic heterocycles. The van der Waals surface area contributed by atoms with Crippen molar-refractivity contribution in [2.45, 2.75) is 34.2 Å². The molecular weight excluding hydrogens is 463 g/mol. The standard InChI is InChI=1S/C21H32N6.HI/c1-6-22-21(23-15-20-17(3)24-25(5)18(20)4)27-12-10-26(11-13-27)19-9-7-8-16(2)14-19;/h7-9,14H,6,10-13,15H2,1-5H3,(H,22,23);1H. The van der Waals surface area contributed by atoms with Gasteiger partial charge in [0.05, 0.1) is 12.2 Å². The number of aliphatic imine (C=N–C) groups is 1. The van der Waals surface area contributed by atoms with E-state index in [2.05, 4.69) is 72.2 Å². The van der Waals surface area contributed by atoms with Crippen molar-refractivity contribution >= 4 is 35.6 Å². The number of rotatable bonds is 4. The maximum atomic E-state index is 4.91. The van der Waals surface area contributed by atoms with Gasteiger partial charge in [0.2, 0.25) is 0 Å². The van der Waals surface area contributed by atoms with Crippen LogP contribution < -0.4 is 10.2 Å². The molecule has 0 saturated carbocycles. The average molecular weight is 496 g/mol. The number of hydrogen-bond donors (Lipinski definition) is 1. The number of benzene rings is 1. The summed E-state index contributed by atoms with van der Waals surface area (Å²) >= 11 is 0. The zero-order chi connectivity index (χ0) is 19.4. The Bertz CT molecular complexity index is 805. The van der Waals surface area contributed by atoms with Gasteiger partial charge in [-0.25, -0.2) is 4.99 Å². The first-order chi connectivity index (χ1) is 13.0. The van der Waals surface area contributed by atoms with Gasteiger partial charge in [0.15, 0.2) is 5.96 Å². The van der Waals surface area contributed by atoms with Crippen LogP contribution in [0.5, 0.6) is 0 Å². The number of anilines is 1. The Morgan fingerprint density at radius 3 is 2.43 bits per heavy atom. The molecule has 1 aromatic carbocycles. The monoisotopic (exact) mass is 496 g/mol. The number of halogens is 1. The molecule has 28 heavy (non-hydrogen) atoms. The SMILES string of the molecule is CCNC(=NCc1c(C)nn(C)c1C)N1CCN(c2cccc(C)c2)CC1.I. The summed E-state index contributed by atoms with van der Waals surface area (Å²) in [6.07, 6.45) is 0. The summed E-state index contributed by atoms with van der Waals surface area (Å²) in [7, 11) is 1.99. The van der Waals surface area contributed by atoms with Crippen LogP contribution in [-0.2, 0) is 13.6 Å². The lowest BCUT2D eigenvalue weighted by molar-refractivity contribution is 0.372. The lowest BCUT2D eigenvalue weighted by atomic mass is 10.2. The quantitative estimate of drug-likeness (QED) is 0.401. The van der Waals surface area contributed by atoms with Crippen LogP contribution in [0.4, 0.5) is 5.69 Å². The van der Waals surface area contributed by atoms with Gasteiger partial charge in [0, 0.05) is 56.7 Å². The Balaban J connectivity index is 0.00000280. The molecule has 0 atom stereocenters. The number of aryl methyl sites for hydroxylation is 3. The second kappa shape index (κ2) is 10.1. The molecule has 1 aliphatic rings. The molecule has 7 heteroatoms. The minimum Gasteiger partial charge on any atom is -0.368 e. The normalized spacial score (nSPS) is 14.8. The Morgan fingerprint density at radius 1 is 1.14 bits per heavy atom. The molecule has 1 saturated heterocycles. The van der Waals surface area contributed by atoms with Gasteiger partial charge in [-0.2, -0.15) is 5.10 Å². The van der Waals surface area contributed by atoms with Crippen molar-refractivity contribution in [2.75, 3.05) is 37.6 Å². The summed E-state index contributed by atoms with van der Waals surface area (Å²) in [5.41, 5.74) is 6.12. The van der Waals surface area contributed by atoms with Crippen LogP contribution in [0.1, 0.15) is 29.4 Å². The summed E-state index contributed by atoms with van der Waals surface area (Å²) in [6.45, 7) is 14.0. The third kappa shape index (κ3) is 5.18. The predicted molar refractivity (Wildman–Crippen MR) is 128 cm³/mol. The smallest absolute Gasteiger partial charge is 0.194 e. The van der Waals surface area contributed by atoms with E-state index in [1.807, 2.05) is 11.7 Å². The molecular formula is C21H33IN6. The fourth-order valence-corrected chi connectivity index (χ4v) is 3.63. The molecule has 0 aliphatic carbocycles. The largest absolute Gasteiger partial charge is 0.368 e. The fraction of sp³-hybridized carbons (Fsp3) is 0.524. The summed E-state index contributed by atoms with van der Waals surface area (Å²) in [4.78, 5) is 9.75. The van der Waals surface area contributed by atoms with Gasteiger partial charge in [-0.1, -0.05) is 12.1 Å². The van der Waals surface area contributed by atoms with Gasteiger partial charge >= 0.3 is 0 Å². The number of piperazine rings is 1. The third-order valence-corrected chi connectivity index (χ3v) is 5.33. The number of hydrogen-bond acceptors (Lipinski definition) is 3. The van der Waals surface area contributed by atoms with Gasteiger partial charge in [0.1, 0.15) is 0 Å². The van der Waals surface area contributed by atoms with Gasteiger partial charge in [-0.3, -0.25) is 4.68 Å². The second-order valence-electron chi connectivity index (χ2n) is 7.26. The highest BCUT2D eigenvalue weighted by Gasteiger charge is 2.20. The lowest BCUT2D eigenvalue weighted by Crippen LogP contribution is -2.52. The molecule has 2 heterocycles. The van der Waals surface area contributed by atoms with Crippen LogP contribution >= 0.6 is 24.0 Å². The highest BCUT2D eigenvalue weighted by atomic mass is 127. The fourth-order valence-electron chi connectivity index (χ4n) is 3.63. The topological polar surface area (TPSA) is 48.7 Å². The number of nitrogens with zero attached hydrogens (tertiary/aromatic N) is 5. The molecule has 0 radical (unpaired) electrons. The van der Waals surface area contributed by atoms with Crippen molar-refractivity contribution in [1.82, 2.24) is 20.0 Å². The Morgan fingerprint density at radius 2 is 1.86 bits per heavy atom. The van der Waals surface area contributed by atoms with E-state index in [4.69, 9.17) is 4.99 Å². The van der Waals surface area contributed by atoms with Crippen molar-refractivity contribution in [3.05, 3.63) is 46.8 Å². The van der Waals surface area contributed by atoms with Crippen molar-refractivity contribution in [2.24, 2.45) is 12.0 Å². The van der Waals surface area contributed by atoms with Crippen LogP contribution in [-0.4, -0.2) is 53.4 Å². The van der Waals surface area contributed by atoms with Gasteiger partial charge < -0.3 is 15.1 Å². The molecule has 0 amide bonds. The van der Waals surface area contributed by atoms with E-state index >= 15 is 0 Å². The number of nitrogens with one attached hydrogen (secondary N) is 1. The van der Waals surface area contributed by atoms with Crippen LogP contribution in [0.3, 0.4) is 0 Å². The van der Waals surface area contributed by atoms with Gasteiger partial charge in [0.25, 0.3) is 0 Å². The maximum absolute atomic E-state index is 4.91. The third-order valence-electron chi connectivity index (χ3n) is 5.33. The van der Waals surface area contributed by atoms with Gasteiger partial charge in [-0.05, 0) is 45.4 Å². The molecule has 0 unspecified atom stereocenters. The van der Waals surface area contributed by atoms with Gasteiger partial charge in [-0.15, -0.1) is 24.0 Å². The minimum absolute atomic E-state index is 0. The van der Waals surface area contributed by atoms with E-state index in [-0.39, 0.29) is 24.0 Å². The predicted octanol–water partition coefficient (Wildman–Crippen LogP) is 3.25. The first-order valence-corrected chi connectivity index (χ1v) is 9.83.